The van der Waals surface area contributed by atoms with Crippen LogP contribution in [-0.4, -0.2) is 10.8 Å². The van der Waals surface area contributed by atoms with Gasteiger partial charge in [0.1, 0.15) is 17.2 Å². The van der Waals surface area contributed by atoms with Crippen LogP contribution in [0.5, 0.6) is 11.5 Å². The molecule has 3 nitrogen and oxygen atoms in total. The van der Waals surface area contributed by atoms with Gasteiger partial charge in [0.25, 0.3) is 0 Å². The van der Waals surface area contributed by atoms with Crippen molar-refractivity contribution in [2.75, 3.05) is 0 Å². The molecule has 0 fully saturated rings. The maximum absolute atomic E-state index is 11.1. The highest BCUT2D eigenvalue weighted by Crippen LogP contribution is 2.25. The Labute approximate surface area is 106 Å². The SMILES string of the molecule is CC(=O)c1ccc(Oc2ccc(C)cc2C)cn1. The second kappa shape index (κ2) is 5.00. The van der Waals surface area contributed by atoms with E-state index in [1.165, 1.54) is 12.5 Å². The Hall–Kier alpha value is -2.16. The Morgan fingerprint density at radius 2 is 1.94 bits per heavy atom. The minimum absolute atomic E-state index is 0.0481. The number of hydrogen-bond acceptors (Lipinski definition) is 3. The van der Waals surface area contributed by atoms with E-state index in [-0.39, 0.29) is 5.78 Å². The summed E-state index contributed by atoms with van der Waals surface area (Å²) in [7, 11) is 0. The number of ether oxygens (including phenoxy) is 1. The zero-order chi connectivity index (χ0) is 13.1. The quantitative estimate of drug-likeness (QED) is 0.769. The molecule has 0 radical (unpaired) electrons. The third-order valence-corrected chi connectivity index (χ3v) is 2.66. The molecule has 0 unspecified atom stereocenters. The predicted octanol–water partition coefficient (Wildman–Crippen LogP) is 3.69. The first-order valence-electron chi connectivity index (χ1n) is 5.78. The van der Waals surface area contributed by atoms with Crippen molar-refractivity contribution in [2.24, 2.45) is 0 Å². The number of carbonyl (C=O) groups excluding carboxylic acids is 1. The number of ketones is 1. The lowest BCUT2D eigenvalue weighted by Gasteiger charge is -2.09. The van der Waals surface area contributed by atoms with Crippen LogP contribution in [0.1, 0.15) is 28.5 Å². The van der Waals surface area contributed by atoms with Gasteiger partial charge >= 0.3 is 0 Å². The lowest BCUT2D eigenvalue weighted by molar-refractivity contribution is 0.101. The summed E-state index contributed by atoms with van der Waals surface area (Å²) in [4.78, 5) is 15.2. The Morgan fingerprint density at radius 1 is 1.17 bits per heavy atom. The number of Topliss-reactive ketones (excluding diaryl/α,β-unsaturated/α-hetero) is 1. The minimum atomic E-state index is -0.0481. The minimum Gasteiger partial charge on any atom is -0.455 e. The molecular formula is C15H15NO2. The molecule has 0 N–H and O–H groups in total. The van der Waals surface area contributed by atoms with E-state index in [4.69, 9.17) is 4.74 Å². The van der Waals surface area contributed by atoms with Gasteiger partial charge in [0.2, 0.25) is 0 Å². The van der Waals surface area contributed by atoms with E-state index in [1.54, 1.807) is 18.3 Å². The smallest absolute Gasteiger partial charge is 0.178 e. The largest absolute Gasteiger partial charge is 0.455 e. The molecule has 0 saturated carbocycles. The van der Waals surface area contributed by atoms with Crippen LogP contribution in [0.3, 0.4) is 0 Å². The van der Waals surface area contributed by atoms with Crippen molar-refractivity contribution in [3.63, 3.8) is 0 Å². The molecule has 2 aromatic rings. The van der Waals surface area contributed by atoms with Gasteiger partial charge in [0.15, 0.2) is 5.78 Å². The molecule has 1 aromatic carbocycles. The highest BCUT2D eigenvalue weighted by atomic mass is 16.5. The average molecular weight is 241 g/mol. The highest BCUT2D eigenvalue weighted by molar-refractivity contribution is 5.92. The molecule has 1 heterocycles. The normalized spacial score (nSPS) is 10.2. The standard InChI is InChI=1S/C15H15NO2/c1-10-4-7-15(11(2)8-10)18-13-5-6-14(12(3)17)16-9-13/h4-9H,1-3H3. The van der Waals surface area contributed by atoms with E-state index >= 15 is 0 Å². The fourth-order valence-electron chi connectivity index (χ4n) is 1.69. The van der Waals surface area contributed by atoms with Crippen LogP contribution in [0.15, 0.2) is 36.5 Å². The third-order valence-electron chi connectivity index (χ3n) is 2.66. The molecule has 0 bridgehead atoms. The van der Waals surface area contributed by atoms with Gasteiger partial charge in [-0.05, 0) is 37.6 Å². The van der Waals surface area contributed by atoms with Crippen LogP contribution in [0.25, 0.3) is 0 Å². The van der Waals surface area contributed by atoms with Gasteiger partial charge in [-0.2, -0.15) is 0 Å². The molecule has 0 amide bonds. The van der Waals surface area contributed by atoms with Gasteiger partial charge in [-0.1, -0.05) is 17.7 Å². The number of carbonyl (C=O) groups is 1. The molecule has 0 aliphatic rings. The van der Waals surface area contributed by atoms with Crippen LogP contribution in [-0.2, 0) is 0 Å². The molecule has 18 heavy (non-hydrogen) atoms. The Balaban J connectivity index is 2.21. The maximum atomic E-state index is 11.1. The molecule has 0 aliphatic heterocycles. The monoisotopic (exact) mass is 241 g/mol. The van der Waals surface area contributed by atoms with E-state index < -0.39 is 0 Å². The molecule has 1 aromatic heterocycles. The van der Waals surface area contributed by atoms with Crippen LogP contribution >= 0.6 is 0 Å². The number of aromatic nitrogens is 1. The molecule has 0 spiro atoms. The predicted molar refractivity (Wildman–Crippen MR) is 70.2 cm³/mol. The lowest BCUT2D eigenvalue weighted by atomic mass is 10.1. The summed E-state index contributed by atoms with van der Waals surface area (Å²) in [5.74, 6) is 1.39. The number of pyridine rings is 1. The molecule has 0 atom stereocenters. The van der Waals surface area contributed by atoms with Crippen LogP contribution in [0, 0.1) is 13.8 Å². The molecule has 3 heteroatoms. The zero-order valence-electron chi connectivity index (χ0n) is 10.7. The molecule has 0 saturated heterocycles. The zero-order valence-corrected chi connectivity index (χ0v) is 10.7. The van der Waals surface area contributed by atoms with E-state index in [1.807, 2.05) is 26.0 Å². The van der Waals surface area contributed by atoms with Crippen LogP contribution in [0.4, 0.5) is 0 Å². The third kappa shape index (κ3) is 2.74. The average Bonchev–Trinajstić information content (AvgIpc) is 2.33. The Morgan fingerprint density at radius 3 is 2.50 bits per heavy atom. The summed E-state index contributed by atoms with van der Waals surface area (Å²) in [6.45, 7) is 5.53. The summed E-state index contributed by atoms with van der Waals surface area (Å²) in [5, 5.41) is 0. The lowest BCUT2D eigenvalue weighted by Crippen LogP contribution is -1.96. The van der Waals surface area contributed by atoms with Crippen molar-refractivity contribution in [1.29, 1.82) is 0 Å². The number of rotatable bonds is 3. The second-order valence-electron chi connectivity index (χ2n) is 4.31. The number of hydrogen-bond donors (Lipinski definition) is 0. The van der Waals surface area contributed by atoms with Crippen molar-refractivity contribution < 1.29 is 9.53 Å². The Kier molecular flexibility index (Phi) is 3.42. The van der Waals surface area contributed by atoms with Crippen molar-refractivity contribution in [1.82, 2.24) is 4.98 Å². The van der Waals surface area contributed by atoms with E-state index in [0.29, 0.717) is 11.4 Å². The molecule has 92 valence electrons. The fourth-order valence-corrected chi connectivity index (χ4v) is 1.69. The number of nitrogens with zero attached hydrogens (tertiary/aromatic N) is 1. The van der Waals surface area contributed by atoms with Crippen molar-refractivity contribution >= 4 is 5.78 Å². The summed E-state index contributed by atoms with van der Waals surface area (Å²) in [5.41, 5.74) is 2.72. The van der Waals surface area contributed by atoms with Gasteiger partial charge in [0, 0.05) is 6.92 Å². The Bertz CT molecular complexity index is 574. The molecule has 0 aliphatic carbocycles. The van der Waals surface area contributed by atoms with Crippen molar-refractivity contribution in [3.8, 4) is 11.5 Å². The van der Waals surface area contributed by atoms with E-state index in [2.05, 4.69) is 11.1 Å². The second-order valence-corrected chi connectivity index (χ2v) is 4.31. The van der Waals surface area contributed by atoms with E-state index in [9.17, 15) is 4.79 Å². The molecule has 2 rings (SSSR count). The fraction of sp³-hybridized carbons (Fsp3) is 0.200. The summed E-state index contributed by atoms with van der Waals surface area (Å²) >= 11 is 0. The van der Waals surface area contributed by atoms with Gasteiger partial charge in [-0.15, -0.1) is 0 Å². The topological polar surface area (TPSA) is 39.2 Å². The van der Waals surface area contributed by atoms with Crippen LogP contribution in [0.2, 0.25) is 0 Å². The van der Waals surface area contributed by atoms with E-state index in [0.717, 1.165) is 11.3 Å². The van der Waals surface area contributed by atoms with Crippen molar-refractivity contribution in [3.05, 3.63) is 53.3 Å². The van der Waals surface area contributed by atoms with Crippen LogP contribution < -0.4 is 4.74 Å². The first kappa shape index (κ1) is 12.3. The van der Waals surface area contributed by atoms with Crippen molar-refractivity contribution in [2.45, 2.75) is 20.8 Å². The highest BCUT2D eigenvalue weighted by Gasteiger charge is 2.04. The number of aryl methyl sites for hydroxylation is 2. The summed E-state index contributed by atoms with van der Waals surface area (Å²) in [6, 6.07) is 9.42. The van der Waals surface area contributed by atoms with Gasteiger partial charge in [0.05, 0.1) is 6.20 Å². The van der Waals surface area contributed by atoms with Gasteiger partial charge in [-0.3, -0.25) is 4.79 Å². The van der Waals surface area contributed by atoms with Gasteiger partial charge in [-0.25, -0.2) is 4.98 Å². The maximum Gasteiger partial charge on any atom is 0.178 e. The summed E-state index contributed by atoms with van der Waals surface area (Å²) in [6.07, 6.45) is 1.57. The van der Waals surface area contributed by atoms with Gasteiger partial charge < -0.3 is 4.74 Å². The summed E-state index contributed by atoms with van der Waals surface area (Å²) < 4.78 is 5.73. The first-order valence-corrected chi connectivity index (χ1v) is 5.78. The first-order chi connectivity index (χ1) is 8.56. The number of benzene rings is 1. The molecular weight excluding hydrogens is 226 g/mol.